The van der Waals surface area contributed by atoms with E-state index in [-0.39, 0.29) is 23.7 Å². The van der Waals surface area contributed by atoms with Crippen molar-refractivity contribution in [3.05, 3.63) is 0 Å². The molecule has 3 atom stereocenters. The fraction of sp³-hybridized carbons (Fsp3) is 0.923. The standard InChI is InChI=1S/C13H27NO4Si2/c1-19(2,3)18-20(4,5)13(15)12-6-10(7-14-12)16-8-11-9-17-11/h10-12,14H,6-9H2,1-5H3/t10?,11?,12-/m0/s1. The Morgan fingerprint density at radius 1 is 1.30 bits per heavy atom. The van der Waals surface area contributed by atoms with E-state index in [0.29, 0.717) is 6.61 Å². The van der Waals surface area contributed by atoms with Crippen molar-refractivity contribution in [2.75, 3.05) is 19.8 Å². The van der Waals surface area contributed by atoms with Gasteiger partial charge in [-0.05, 0) is 39.2 Å². The van der Waals surface area contributed by atoms with Gasteiger partial charge in [-0.3, -0.25) is 0 Å². The molecule has 2 rings (SSSR count). The molecule has 0 aromatic rings. The molecule has 0 saturated carbocycles. The molecule has 2 unspecified atom stereocenters. The lowest BCUT2D eigenvalue weighted by Crippen LogP contribution is -2.54. The van der Waals surface area contributed by atoms with Crippen LogP contribution in [0.1, 0.15) is 6.42 Å². The van der Waals surface area contributed by atoms with Crippen molar-refractivity contribution in [2.45, 2.75) is 57.4 Å². The Labute approximate surface area is 123 Å². The van der Waals surface area contributed by atoms with Crippen molar-refractivity contribution < 1.29 is 18.4 Å². The molecule has 5 nitrogen and oxygen atoms in total. The molecule has 0 amide bonds. The zero-order chi connectivity index (χ0) is 15.0. The summed E-state index contributed by atoms with van der Waals surface area (Å²) in [6.07, 6.45) is 1.17. The highest BCUT2D eigenvalue weighted by atomic mass is 28.4. The lowest BCUT2D eigenvalue weighted by molar-refractivity contribution is -0.115. The number of hydrogen-bond donors (Lipinski definition) is 1. The molecule has 2 aliphatic heterocycles. The number of ether oxygens (including phenoxy) is 2. The number of epoxide rings is 1. The zero-order valence-electron chi connectivity index (χ0n) is 13.2. The molecule has 0 aromatic carbocycles. The van der Waals surface area contributed by atoms with Crippen LogP contribution in [0.2, 0.25) is 32.7 Å². The topological polar surface area (TPSA) is 60.1 Å². The van der Waals surface area contributed by atoms with Gasteiger partial charge in [-0.1, -0.05) is 0 Å². The van der Waals surface area contributed by atoms with Crippen LogP contribution >= 0.6 is 0 Å². The van der Waals surface area contributed by atoms with E-state index in [4.69, 9.17) is 13.6 Å². The Kier molecular flexibility index (Phi) is 4.88. The van der Waals surface area contributed by atoms with Gasteiger partial charge in [0.25, 0.3) is 0 Å². The molecule has 0 bridgehead atoms. The Morgan fingerprint density at radius 2 is 1.95 bits per heavy atom. The van der Waals surface area contributed by atoms with E-state index in [9.17, 15) is 4.79 Å². The molecular weight excluding hydrogens is 290 g/mol. The Hall–Kier alpha value is -0.0562. The molecule has 20 heavy (non-hydrogen) atoms. The number of nitrogens with one attached hydrogen (secondary N) is 1. The minimum Gasteiger partial charge on any atom is -0.451 e. The number of hydrogen-bond acceptors (Lipinski definition) is 5. The van der Waals surface area contributed by atoms with Gasteiger partial charge in [-0.15, -0.1) is 0 Å². The van der Waals surface area contributed by atoms with Gasteiger partial charge in [-0.2, -0.15) is 0 Å². The van der Waals surface area contributed by atoms with E-state index in [0.717, 1.165) is 19.6 Å². The smallest absolute Gasteiger partial charge is 0.250 e. The summed E-state index contributed by atoms with van der Waals surface area (Å²) in [4.78, 5) is 12.7. The van der Waals surface area contributed by atoms with Crippen molar-refractivity contribution in [3.63, 3.8) is 0 Å². The van der Waals surface area contributed by atoms with Crippen molar-refractivity contribution in [1.82, 2.24) is 5.32 Å². The maximum Gasteiger partial charge on any atom is 0.250 e. The average Bonchev–Trinajstić information content (AvgIpc) is 3.00. The number of carbonyl (C=O) groups is 1. The highest BCUT2D eigenvalue weighted by Gasteiger charge is 2.43. The lowest BCUT2D eigenvalue weighted by atomic mass is 10.2. The zero-order valence-corrected chi connectivity index (χ0v) is 15.2. The predicted octanol–water partition coefficient (Wildman–Crippen LogP) is 1.30. The van der Waals surface area contributed by atoms with Crippen molar-refractivity contribution in [2.24, 2.45) is 0 Å². The largest absolute Gasteiger partial charge is 0.451 e. The fourth-order valence-corrected chi connectivity index (χ4v) is 10.3. The van der Waals surface area contributed by atoms with Gasteiger partial charge in [0.1, 0.15) is 6.10 Å². The maximum absolute atomic E-state index is 12.7. The lowest BCUT2D eigenvalue weighted by Gasteiger charge is -2.31. The van der Waals surface area contributed by atoms with Crippen LogP contribution in [0, 0.1) is 0 Å². The molecule has 0 spiro atoms. The first kappa shape index (κ1) is 16.3. The van der Waals surface area contributed by atoms with Gasteiger partial charge in [0.15, 0.2) is 13.7 Å². The summed E-state index contributed by atoms with van der Waals surface area (Å²) < 4.78 is 17.1. The van der Waals surface area contributed by atoms with E-state index in [1.54, 1.807) is 0 Å². The summed E-state index contributed by atoms with van der Waals surface area (Å²) in [5.74, 6) is 0. The molecule has 116 valence electrons. The third-order valence-corrected chi connectivity index (χ3v) is 9.51. The van der Waals surface area contributed by atoms with Crippen LogP contribution in [0.25, 0.3) is 0 Å². The quantitative estimate of drug-likeness (QED) is 0.566. The first-order valence-electron chi connectivity index (χ1n) is 7.38. The molecule has 0 aromatic heterocycles. The van der Waals surface area contributed by atoms with Gasteiger partial charge in [-0.25, -0.2) is 0 Å². The van der Waals surface area contributed by atoms with Crippen LogP contribution < -0.4 is 5.32 Å². The van der Waals surface area contributed by atoms with Crippen LogP contribution in [-0.4, -0.2) is 60.0 Å². The van der Waals surface area contributed by atoms with Crippen molar-refractivity contribution in [1.29, 1.82) is 0 Å². The van der Waals surface area contributed by atoms with Gasteiger partial charge >= 0.3 is 0 Å². The van der Waals surface area contributed by atoms with E-state index >= 15 is 0 Å². The molecule has 7 heteroatoms. The van der Waals surface area contributed by atoms with Gasteiger partial charge in [0.2, 0.25) is 8.32 Å². The highest BCUT2D eigenvalue weighted by molar-refractivity contribution is 7.04. The van der Waals surface area contributed by atoms with Gasteiger partial charge < -0.3 is 23.7 Å². The molecule has 0 aliphatic carbocycles. The van der Waals surface area contributed by atoms with Crippen LogP contribution in [0.15, 0.2) is 0 Å². The van der Waals surface area contributed by atoms with E-state index in [1.165, 1.54) is 0 Å². The third-order valence-electron chi connectivity index (χ3n) is 3.48. The summed E-state index contributed by atoms with van der Waals surface area (Å²) in [5, 5.41) is 3.57. The van der Waals surface area contributed by atoms with Crippen molar-refractivity contribution in [3.8, 4) is 0 Å². The average molecular weight is 318 g/mol. The second kappa shape index (κ2) is 5.98. The minimum atomic E-state index is -2.29. The minimum absolute atomic E-state index is 0.0989. The normalized spacial score (nSPS) is 30.6. The molecule has 2 fully saturated rings. The molecule has 2 saturated heterocycles. The fourth-order valence-electron chi connectivity index (χ4n) is 2.67. The van der Waals surface area contributed by atoms with Crippen LogP contribution in [-0.2, 0) is 18.4 Å². The summed E-state index contributed by atoms with van der Waals surface area (Å²) in [6, 6.07) is -0.0989. The molecule has 1 N–H and O–H groups in total. The highest BCUT2D eigenvalue weighted by Crippen LogP contribution is 2.21. The Bertz CT molecular complexity index is 366. The van der Waals surface area contributed by atoms with E-state index in [1.807, 2.05) is 13.1 Å². The summed E-state index contributed by atoms with van der Waals surface area (Å²) >= 11 is 0. The number of rotatable bonds is 7. The molecular formula is C13H27NO4Si2. The number of carbonyl (C=O) groups excluding carboxylic acids is 1. The molecule has 0 radical (unpaired) electrons. The summed E-state index contributed by atoms with van der Waals surface area (Å²) in [7, 11) is -3.97. The van der Waals surface area contributed by atoms with Crippen LogP contribution in [0.3, 0.4) is 0 Å². The monoisotopic (exact) mass is 317 g/mol. The Morgan fingerprint density at radius 3 is 2.50 bits per heavy atom. The molecule has 2 heterocycles. The van der Waals surface area contributed by atoms with E-state index < -0.39 is 16.6 Å². The summed E-state index contributed by atoms with van der Waals surface area (Å²) in [5.41, 5.74) is 0. The van der Waals surface area contributed by atoms with Crippen LogP contribution in [0.5, 0.6) is 0 Å². The van der Waals surface area contributed by atoms with Gasteiger partial charge in [0, 0.05) is 6.54 Å². The first-order valence-corrected chi connectivity index (χ1v) is 13.7. The van der Waals surface area contributed by atoms with Crippen molar-refractivity contribution >= 4 is 22.0 Å². The summed E-state index contributed by atoms with van der Waals surface area (Å²) in [6.45, 7) is 12.7. The van der Waals surface area contributed by atoms with Crippen LogP contribution in [0.4, 0.5) is 0 Å². The maximum atomic E-state index is 12.7. The second-order valence-electron chi connectivity index (χ2n) is 7.20. The molecule has 2 aliphatic rings. The SMILES string of the molecule is C[Si](C)(C)O[Si](C)(C)C(=O)[C@@H]1CC(OCC2CO2)CN1. The van der Waals surface area contributed by atoms with Gasteiger partial charge in [0.05, 0.1) is 25.4 Å². The first-order chi connectivity index (χ1) is 9.17. The predicted molar refractivity (Wildman–Crippen MR) is 82.8 cm³/mol. The van der Waals surface area contributed by atoms with E-state index in [2.05, 4.69) is 25.0 Å². The second-order valence-corrected chi connectivity index (χ2v) is 15.8. The Balaban J connectivity index is 1.82. The third kappa shape index (κ3) is 4.75.